The van der Waals surface area contributed by atoms with Crippen LogP contribution in [0.1, 0.15) is 15.9 Å². The fourth-order valence-corrected chi connectivity index (χ4v) is 2.09. The Balaban J connectivity index is 2.38. The highest BCUT2D eigenvalue weighted by Crippen LogP contribution is 2.25. The van der Waals surface area contributed by atoms with Gasteiger partial charge in [0, 0.05) is 12.6 Å². The molecule has 0 radical (unpaired) electrons. The molecule has 0 aliphatic heterocycles. The number of halogens is 2. The number of carbonyl (C=O) groups excluding carboxylic acids is 1. The number of nitrogens with zero attached hydrogens (tertiary/aromatic N) is 2. The minimum Gasteiger partial charge on any atom is -0.310 e. The van der Waals surface area contributed by atoms with Gasteiger partial charge in [-0.3, -0.25) is 4.79 Å². The molecule has 0 aliphatic rings. The number of amides is 1. The highest BCUT2D eigenvalue weighted by Gasteiger charge is 2.17. The summed E-state index contributed by atoms with van der Waals surface area (Å²) < 4.78 is 0. The minimum absolute atomic E-state index is 0.258. The molecule has 20 heavy (non-hydrogen) atoms. The van der Waals surface area contributed by atoms with Crippen LogP contribution in [0.5, 0.6) is 0 Å². The molecule has 0 fully saturated rings. The predicted molar refractivity (Wildman–Crippen MR) is 80.4 cm³/mol. The maximum absolute atomic E-state index is 12.4. The second-order valence-electron chi connectivity index (χ2n) is 4.12. The molecule has 0 aliphatic carbocycles. The van der Waals surface area contributed by atoms with Crippen LogP contribution in [0.15, 0.2) is 42.5 Å². The minimum atomic E-state index is -0.258. The third-order valence-electron chi connectivity index (χ3n) is 2.86. The van der Waals surface area contributed by atoms with E-state index in [0.29, 0.717) is 26.9 Å². The molecule has 0 unspecified atom stereocenters. The molecule has 1 amide bonds. The molecular formula is C15H10Cl2N2O. The van der Waals surface area contributed by atoms with Crippen molar-refractivity contribution in [3.8, 4) is 6.07 Å². The number of nitriles is 1. The van der Waals surface area contributed by atoms with E-state index >= 15 is 0 Å². The van der Waals surface area contributed by atoms with Crippen molar-refractivity contribution in [2.75, 3.05) is 11.9 Å². The second kappa shape index (κ2) is 5.96. The lowest BCUT2D eigenvalue weighted by Gasteiger charge is -2.18. The van der Waals surface area contributed by atoms with E-state index in [2.05, 4.69) is 6.07 Å². The van der Waals surface area contributed by atoms with Gasteiger partial charge in [0.15, 0.2) is 0 Å². The summed E-state index contributed by atoms with van der Waals surface area (Å²) >= 11 is 11.7. The van der Waals surface area contributed by atoms with E-state index in [1.807, 2.05) is 0 Å². The van der Waals surface area contributed by atoms with Crippen LogP contribution in [0, 0.1) is 11.3 Å². The second-order valence-corrected chi connectivity index (χ2v) is 4.94. The van der Waals surface area contributed by atoms with Gasteiger partial charge in [-0.1, -0.05) is 35.3 Å². The van der Waals surface area contributed by atoms with E-state index in [1.165, 1.54) is 11.0 Å². The fraction of sp³-hybridized carbons (Fsp3) is 0.0667. The van der Waals surface area contributed by atoms with Gasteiger partial charge in [-0.25, -0.2) is 0 Å². The Morgan fingerprint density at radius 3 is 2.50 bits per heavy atom. The molecular weight excluding hydrogens is 295 g/mol. The number of anilines is 1. The molecule has 0 aromatic heterocycles. The molecule has 0 N–H and O–H groups in total. The lowest BCUT2D eigenvalue weighted by molar-refractivity contribution is 0.0993. The normalized spacial score (nSPS) is 9.90. The molecule has 0 heterocycles. The third-order valence-corrected chi connectivity index (χ3v) is 3.60. The number of hydrogen-bond acceptors (Lipinski definition) is 2. The molecule has 2 rings (SSSR count). The summed E-state index contributed by atoms with van der Waals surface area (Å²) in [4.78, 5) is 13.8. The molecule has 0 spiro atoms. The van der Waals surface area contributed by atoms with Gasteiger partial charge >= 0.3 is 0 Å². The predicted octanol–water partition coefficient (Wildman–Crippen LogP) is 4.14. The third kappa shape index (κ3) is 2.77. The summed E-state index contributed by atoms with van der Waals surface area (Å²) in [5.74, 6) is -0.258. The number of rotatable bonds is 2. The zero-order chi connectivity index (χ0) is 14.7. The van der Waals surface area contributed by atoms with Gasteiger partial charge in [-0.2, -0.15) is 5.26 Å². The monoisotopic (exact) mass is 304 g/mol. The van der Waals surface area contributed by atoms with E-state index in [4.69, 9.17) is 28.5 Å². The van der Waals surface area contributed by atoms with Crippen molar-refractivity contribution in [1.82, 2.24) is 0 Å². The average Bonchev–Trinajstić information content (AvgIpc) is 2.48. The summed E-state index contributed by atoms with van der Waals surface area (Å²) in [6.07, 6.45) is 0. The fourth-order valence-electron chi connectivity index (χ4n) is 1.79. The van der Waals surface area contributed by atoms with Gasteiger partial charge in [0.1, 0.15) is 6.07 Å². The molecule has 0 saturated carbocycles. The van der Waals surface area contributed by atoms with E-state index in [0.717, 1.165) is 0 Å². The highest BCUT2D eigenvalue weighted by atomic mass is 35.5. The molecule has 2 aromatic carbocycles. The average molecular weight is 305 g/mol. The summed E-state index contributed by atoms with van der Waals surface area (Å²) in [6.45, 7) is 0. The highest BCUT2D eigenvalue weighted by molar-refractivity contribution is 6.42. The van der Waals surface area contributed by atoms with Gasteiger partial charge in [0.05, 0.1) is 21.3 Å². The van der Waals surface area contributed by atoms with Crippen molar-refractivity contribution in [3.05, 3.63) is 63.6 Å². The summed E-state index contributed by atoms with van der Waals surface area (Å²) in [5, 5.41) is 9.78. The Morgan fingerprint density at radius 2 is 1.85 bits per heavy atom. The van der Waals surface area contributed by atoms with Crippen LogP contribution in [0.25, 0.3) is 0 Å². The molecule has 0 saturated heterocycles. The zero-order valence-electron chi connectivity index (χ0n) is 10.6. The Bertz CT molecular complexity index is 707. The summed E-state index contributed by atoms with van der Waals surface area (Å²) in [6, 6.07) is 13.6. The smallest absolute Gasteiger partial charge is 0.258 e. The SMILES string of the molecule is CN(C(=O)c1ccc(Cl)c(Cl)c1)c1ccccc1C#N. The Hall–Kier alpha value is -2.02. The van der Waals surface area contributed by atoms with Gasteiger partial charge in [0.2, 0.25) is 0 Å². The number of benzene rings is 2. The van der Waals surface area contributed by atoms with Gasteiger partial charge < -0.3 is 4.90 Å². The number of para-hydroxylation sites is 1. The molecule has 5 heteroatoms. The Kier molecular flexibility index (Phi) is 4.29. The first kappa shape index (κ1) is 14.4. The van der Waals surface area contributed by atoms with Gasteiger partial charge in [-0.05, 0) is 30.3 Å². The molecule has 3 nitrogen and oxygen atoms in total. The lowest BCUT2D eigenvalue weighted by atomic mass is 10.1. The van der Waals surface area contributed by atoms with Crippen LogP contribution in [0.2, 0.25) is 10.0 Å². The van der Waals surface area contributed by atoms with E-state index in [9.17, 15) is 4.79 Å². The first-order chi connectivity index (χ1) is 9.54. The van der Waals surface area contributed by atoms with E-state index in [1.54, 1.807) is 43.4 Å². The largest absolute Gasteiger partial charge is 0.310 e. The standard InChI is InChI=1S/C15H10Cl2N2O/c1-19(14-5-3-2-4-11(14)9-18)15(20)10-6-7-12(16)13(17)8-10/h2-8H,1H3. The Labute approximate surface area is 127 Å². The van der Waals surface area contributed by atoms with Crippen LogP contribution >= 0.6 is 23.2 Å². The van der Waals surface area contributed by atoms with Gasteiger partial charge in [0.25, 0.3) is 5.91 Å². The first-order valence-corrected chi connectivity index (χ1v) is 6.52. The van der Waals surface area contributed by atoms with Crippen LogP contribution in [0.3, 0.4) is 0 Å². The van der Waals surface area contributed by atoms with Crippen molar-refractivity contribution in [2.24, 2.45) is 0 Å². The number of hydrogen-bond donors (Lipinski definition) is 0. The van der Waals surface area contributed by atoms with Crippen molar-refractivity contribution in [3.63, 3.8) is 0 Å². The Morgan fingerprint density at radius 1 is 1.15 bits per heavy atom. The topological polar surface area (TPSA) is 44.1 Å². The zero-order valence-corrected chi connectivity index (χ0v) is 12.1. The maximum Gasteiger partial charge on any atom is 0.258 e. The maximum atomic E-state index is 12.4. The quantitative estimate of drug-likeness (QED) is 0.837. The first-order valence-electron chi connectivity index (χ1n) is 5.77. The number of carbonyl (C=O) groups is 1. The van der Waals surface area contributed by atoms with Crippen LogP contribution < -0.4 is 4.90 Å². The molecule has 2 aromatic rings. The molecule has 0 atom stereocenters. The van der Waals surface area contributed by atoms with Gasteiger partial charge in [-0.15, -0.1) is 0 Å². The van der Waals surface area contributed by atoms with Crippen molar-refractivity contribution in [1.29, 1.82) is 5.26 Å². The van der Waals surface area contributed by atoms with Crippen molar-refractivity contribution in [2.45, 2.75) is 0 Å². The lowest BCUT2D eigenvalue weighted by Crippen LogP contribution is -2.26. The summed E-state index contributed by atoms with van der Waals surface area (Å²) in [7, 11) is 1.61. The van der Waals surface area contributed by atoms with E-state index in [-0.39, 0.29) is 5.91 Å². The summed E-state index contributed by atoms with van der Waals surface area (Å²) in [5.41, 5.74) is 1.39. The van der Waals surface area contributed by atoms with Crippen molar-refractivity contribution < 1.29 is 4.79 Å². The van der Waals surface area contributed by atoms with Crippen molar-refractivity contribution >= 4 is 34.8 Å². The molecule has 100 valence electrons. The van der Waals surface area contributed by atoms with E-state index < -0.39 is 0 Å². The van der Waals surface area contributed by atoms with Crippen LogP contribution in [-0.4, -0.2) is 13.0 Å². The van der Waals surface area contributed by atoms with Crippen LogP contribution in [0.4, 0.5) is 5.69 Å². The molecule has 0 bridgehead atoms. The van der Waals surface area contributed by atoms with Crippen LogP contribution in [-0.2, 0) is 0 Å².